The first kappa shape index (κ1) is 11.4. The number of ether oxygens (including phenoxy) is 1. The molecule has 0 fully saturated rings. The molecule has 68 valence electrons. The van der Waals surface area contributed by atoms with Crippen LogP contribution in [0.4, 0.5) is 0 Å². The summed E-state index contributed by atoms with van der Waals surface area (Å²) in [5.41, 5.74) is 0. The first-order chi connectivity index (χ1) is 5.16. The van der Waals surface area contributed by atoms with E-state index in [2.05, 4.69) is 36.7 Å². The molecule has 1 unspecified atom stereocenters. The fourth-order valence-electron chi connectivity index (χ4n) is 0.918. The maximum atomic E-state index is 5.51. The second-order valence-corrected chi connectivity index (χ2v) is 4.11. The first-order valence-corrected chi connectivity index (χ1v) is 5.38. The molecule has 0 aromatic rings. The van der Waals surface area contributed by atoms with Crippen LogP contribution in [0.1, 0.15) is 46.5 Å². The van der Waals surface area contributed by atoms with Crippen molar-refractivity contribution in [1.82, 2.24) is 0 Å². The lowest BCUT2D eigenvalue weighted by Gasteiger charge is -2.13. The lowest BCUT2D eigenvalue weighted by molar-refractivity contribution is 0.0578. The van der Waals surface area contributed by atoms with Crippen molar-refractivity contribution in [2.24, 2.45) is 0 Å². The molecule has 0 N–H and O–H groups in total. The SMILES string of the molecule is CCCCCC(Br)OC(C)C. The zero-order chi connectivity index (χ0) is 8.69. The highest BCUT2D eigenvalue weighted by Gasteiger charge is 2.04. The lowest BCUT2D eigenvalue weighted by atomic mass is 10.2. The Kier molecular flexibility index (Phi) is 7.39. The molecule has 0 rings (SSSR count). The van der Waals surface area contributed by atoms with Crippen LogP contribution in [0.25, 0.3) is 0 Å². The number of halogens is 1. The van der Waals surface area contributed by atoms with Crippen molar-refractivity contribution in [2.75, 3.05) is 0 Å². The van der Waals surface area contributed by atoms with Crippen molar-refractivity contribution in [3.05, 3.63) is 0 Å². The summed E-state index contributed by atoms with van der Waals surface area (Å²) in [6.45, 7) is 6.34. The number of hydrogen-bond donors (Lipinski definition) is 0. The Hall–Kier alpha value is 0.440. The molecule has 0 aliphatic carbocycles. The molecule has 0 amide bonds. The molecule has 11 heavy (non-hydrogen) atoms. The van der Waals surface area contributed by atoms with Crippen LogP contribution < -0.4 is 0 Å². The van der Waals surface area contributed by atoms with Crippen molar-refractivity contribution in [1.29, 1.82) is 0 Å². The molecule has 1 atom stereocenters. The Morgan fingerprint density at radius 2 is 1.91 bits per heavy atom. The zero-order valence-electron chi connectivity index (χ0n) is 7.77. The topological polar surface area (TPSA) is 9.23 Å². The van der Waals surface area contributed by atoms with Gasteiger partial charge in [-0.3, -0.25) is 0 Å². The molecule has 0 aromatic heterocycles. The third kappa shape index (κ3) is 8.35. The standard InChI is InChI=1S/C9H19BrO/c1-4-5-6-7-9(10)11-8(2)3/h8-9H,4-7H2,1-3H3. The molecule has 0 spiro atoms. The van der Waals surface area contributed by atoms with Crippen LogP contribution in [-0.2, 0) is 4.74 Å². The number of alkyl halides is 1. The average Bonchev–Trinajstić information content (AvgIpc) is 1.86. The highest BCUT2D eigenvalue weighted by atomic mass is 79.9. The van der Waals surface area contributed by atoms with Crippen molar-refractivity contribution >= 4 is 15.9 Å². The number of hydrogen-bond acceptors (Lipinski definition) is 1. The van der Waals surface area contributed by atoms with Crippen LogP contribution in [0.3, 0.4) is 0 Å². The minimum atomic E-state index is 0.258. The smallest absolute Gasteiger partial charge is 0.112 e. The Labute approximate surface area is 78.6 Å². The minimum absolute atomic E-state index is 0.258. The Bertz CT molecular complexity index is 83.6. The highest BCUT2D eigenvalue weighted by molar-refractivity contribution is 9.09. The maximum Gasteiger partial charge on any atom is 0.112 e. The average molecular weight is 223 g/mol. The molecular formula is C9H19BrO. The molecule has 0 aliphatic rings. The summed E-state index contributed by atoms with van der Waals surface area (Å²) in [4.78, 5) is 0. The van der Waals surface area contributed by atoms with Crippen LogP contribution in [0.2, 0.25) is 0 Å². The quantitative estimate of drug-likeness (QED) is 0.492. The van der Waals surface area contributed by atoms with E-state index in [1.807, 2.05) is 0 Å². The van der Waals surface area contributed by atoms with Crippen LogP contribution in [0.5, 0.6) is 0 Å². The van der Waals surface area contributed by atoms with Crippen LogP contribution in [0, 0.1) is 0 Å². The van der Waals surface area contributed by atoms with Gasteiger partial charge in [0.1, 0.15) is 5.01 Å². The van der Waals surface area contributed by atoms with Gasteiger partial charge >= 0.3 is 0 Å². The predicted octanol–water partition coefficient (Wildman–Crippen LogP) is 3.71. The third-order valence-electron chi connectivity index (χ3n) is 1.45. The number of unbranched alkanes of at least 4 members (excludes halogenated alkanes) is 2. The van der Waals surface area contributed by atoms with Gasteiger partial charge in [-0.15, -0.1) is 0 Å². The molecule has 0 bridgehead atoms. The minimum Gasteiger partial charge on any atom is -0.364 e. The normalized spacial score (nSPS) is 13.9. The van der Waals surface area contributed by atoms with Crippen molar-refractivity contribution < 1.29 is 4.74 Å². The van der Waals surface area contributed by atoms with Crippen molar-refractivity contribution in [3.8, 4) is 0 Å². The summed E-state index contributed by atoms with van der Waals surface area (Å²) in [5.74, 6) is 0. The fraction of sp³-hybridized carbons (Fsp3) is 1.00. The van der Waals surface area contributed by atoms with E-state index in [1.54, 1.807) is 0 Å². The molecule has 0 saturated heterocycles. The van der Waals surface area contributed by atoms with Gasteiger partial charge in [-0.1, -0.05) is 35.7 Å². The van der Waals surface area contributed by atoms with Gasteiger partial charge in [0.05, 0.1) is 6.10 Å². The highest BCUT2D eigenvalue weighted by Crippen LogP contribution is 2.13. The van der Waals surface area contributed by atoms with Gasteiger partial charge in [-0.2, -0.15) is 0 Å². The van der Waals surface area contributed by atoms with E-state index in [1.165, 1.54) is 19.3 Å². The van der Waals surface area contributed by atoms with E-state index in [9.17, 15) is 0 Å². The van der Waals surface area contributed by atoms with Gasteiger partial charge in [0.25, 0.3) is 0 Å². The maximum absolute atomic E-state index is 5.51. The Morgan fingerprint density at radius 1 is 1.27 bits per heavy atom. The van der Waals surface area contributed by atoms with Gasteiger partial charge in [0, 0.05) is 0 Å². The van der Waals surface area contributed by atoms with Gasteiger partial charge in [-0.05, 0) is 26.7 Å². The summed E-state index contributed by atoms with van der Waals surface area (Å²) in [5, 5.41) is 0.258. The van der Waals surface area contributed by atoms with Crippen LogP contribution in [-0.4, -0.2) is 11.1 Å². The molecule has 0 saturated carbocycles. The largest absolute Gasteiger partial charge is 0.364 e. The van der Waals surface area contributed by atoms with Crippen LogP contribution in [0.15, 0.2) is 0 Å². The van der Waals surface area contributed by atoms with E-state index in [4.69, 9.17) is 4.74 Å². The summed E-state index contributed by atoms with van der Waals surface area (Å²) in [6.07, 6.45) is 5.32. The molecule has 2 heteroatoms. The van der Waals surface area contributed by atoms with Crippen molar-refractivity contribution in [3.63, 3.8) is 0 Å². The Morgan fingerprint density at radius 3 is 2.36 bits per heavy atom. The van der Waals surface area contributed by atoms with Gasteiger partial charge in [-0.25, -0.2) is 0 Å². The molecule has 0 heterocycles. The molecule has 0 aliphatic heterocycles. The van der Waals surface area contributed by atoms with Gasteiger partial charge < -0.3 is 4.74 Å². The molecule has 0 aromatic carbocycles. The van der Waals surface area contributed by atoms with E-state index >= 15 is 0 Å². The molecule has 0 radical (unpaired) electrons. The third-order valence-corrected chi connectivity index (χ3v) is 2.13. The predicted molar refractivity (Wildman–Crippen MR) is 53.1 cm³/mol. The van der Waals surface area contributed by atoms with E-state index in [0.717, 1.165) is 6.42 Å². The van der Waals surface area contributed by atoms with Gasteiger partial charge in [0.15, 0.2) is 0 Å². The lowest BCUT2D eigenvalue weighted by Crippen LogP contribution is -2.10. The second-order valence-electron chi connectivity index (χ2n) is 3.09. The van der Waals surface area contributed by atoms with Crippen LogP contribution >= 0.6 is 15.9 Å². The van der Waals surface area contributed by atoms with Crippen molar-refractivity contribution in [2.45, 2.75) is 57.6 Å². The summed E-state index contributed by atoms with van der Waals surface area (Å²) in [7, 11) is 0. The summed E-state index contributed by atoms with van der Waals surface area (Å²) >= 11 is 3.49. The fourth-order valence-corrected chi connectivity index (χ4v) is 1.67. The molecular weight excluding hydrogens is 204 g/mol. The molecule has 1 nitrogen and oxygen atoms in total. The zero-order valence-corrected chi connectivity index (χ0v) is 9.36. The van der Waals surface area contributed by atoms with E-state index in [-0.39, 0.29) is 5.01 Å². The summed E-state index contributed by atoms with van der Waals surface area (Å²) in [6, 6.07) is 0. The van der Waals surface area contributed by atoms with Gasteiger partial charge in [0.2, 0.25) is 0 Å². The van der Waals surface area contributed by atoms with E-state index in [0.29, 0.717) is 6.10 Å². The monoisotopic (exact) mass is 222 g/mol. The number of rotatable bonds is 6. The summed E-state index contributed by atoms with van der Waals surface area (Å²) < 4.78 is 5.51. The first-order valence-electron chi connectivity index (χ1n) is 4.46. The Balaban J connectivity index is 3.15. The second kappa shape index (κ2) is 7.11. The van der Waals surface area contributed by atoms with E-state index < -0.39 is 0 Å².